The van der Waals surface area contributed by atoms with Gasteiger partial charge >= 0.3 is 0 Å². The zero-order chi connectivity index (χ0) is 9.57. The van der Waals surface area contributed by atoms with Crippen molar-refractivity contribution in [3.63, 3.8) is 0 Å². The van der Waals surface area contributed by atoms with Crippen LogP contribution < -0.4 is 0 Å². The molecule has 0 N–H and O–H groups in total. The predicted octanol–water partition coefficient (Wildman–Crippen LogP) is 2.76. The van der Waals surface area contributed by atoms with E-state index in [2.05, 4.69) is 13.8 Å². The van der Waals surface area contributed by atoms with Gasteiger partial charge in [-0.3, -0.25) is 0 Å². The number of rotatable bonds is 8. The van der Waals surface area contributed by atoms with Crippen LogP contribution in [-0.2, 0) is 9.47 Å². The van der Waals surface area contributed by atoms with Crippen molar-refractivity contribution in [1.29, 1.82) is 0 Å². The molecule has 1 aliphatic heterocycles. The van der Waals surface area contributed by atoms with E-state index in [9.17, 15) is 0 Å². The Morgan fingerprint density at radius 2 is 1.92 bits per heavy atom. The lowest BCUT2D eigenvalue weighted by Crippen LogP contribution is -2.14. The second kappa shape index (κ2) is 5.61. The maximum atomic E-state index is 5.52. The van der Waals surface area contributed by atoms with Gasteiger partial charge in [0.25, 0.3) is 0 Å². The van der Waals surface area contributed by atoms with Crippen molar-refractivity contribution in [2.24, 2.45) is 0 Å². The van der Waals surface area contributed by atoms with E-state index in [1.165, 1.54) is 32.1 Å². The molecule has 0 aliphatic carbocycles. The zero-order valence-electron chi connectivity index (χ0n) is 8.97. The van der Waals surface area contributed by atoms with Crippen molar-refractivity contribution in [2.75, 3.05) is 19.8 Å². The Bertz CT molecular complexity index is 130. The first-order chi connectivity index (χ1) is 6.27. The summed E-state index contributed by atoms with van der Waals surface area (Å²) in [6.45, 7) is 6.90. The highest BCUT2D eigenvalue weighted by Crippen LogP contribution is 2.25. The summed E-state index contributed by atoms with van der Waals surface area (Å²) >= 11 is 0. The highest BCUT2D eigenvalue weighted by atomic mass is 16.6. The molecule has 1 atom stereocenters. The van der Waals surface area contributed by atoms with Crippen LogP contribution in [-0.4, -0.2) is 25.4 Å². The summed E-state index contributed by atoms with van der Waals surface area (Å²) in [6, 6.07) is 0. The second-order valence-corrected chi connectivity index (χ2v) is 4.21. The van der Waals surface area contributed by atoms with E-state index >= 15 is 0 Å². The van der Waals surface area contributed by atoms with Crippen LogP contribution >= 0.6 is 0 Å². The molecule has 2 heteroatoms. The summed E-state index contributed by atoms with van der Waals surface area (Å²) in [5, 5.41) is 0. The van der Waals surface area contributed by atoms with Crippen LogP contribution in [0.25, 0.3) is 0 Å². The van der Waals surface area contributed by atoms with Crippen molar-refractivity contribution in [3.8, 4) is 0 Å². The van der Waals surface area contributed by atoms with E-state index in [1.807, 2.05) is 0 Å². The van der Waals surface area contributed by atoms with Crippen molar-refractivity contribution < 1.29 is 9.47 Å². The third kappa shape index (κ3) is 5.27. The van der Waals surface area contributed by atoms with Crippen LogP contribution in [0.2, 0.25) is 0 Å². The van der Waals surface area contributed by atoms with E-state index < -0.39 is 0 Å². The first kappa shape index (κ1) is 11.0. The van der Waals surface area contributed by atoms with Crippen LogP contribution in [0.15, 0.2) is 0 Å². The topological polar surface area (TPSA) is 21.8 Å². The zero-order valence-corrected chi connectivity index (χ0v) is 8.97. The van der Waals surface area contributed by atoms with E-state index in [1.54, 1.807) is 0 Å². The quantitative estimate of drug-likeness (QED) is 0.429. The summed E-state index contributed by atoms with van der Waals surface area (Å²) in [4.78, 5) is 0. The van der Waals surface area contributed by atoms with Gasteiger partial charge in [0.2, 0.25) is 0 Å². The molecule has 78 valence electrons. The highest BCUT2D eigenvalue weighted by molar-refractivity contribution is 4.86. The largest absolute Gasteiger partial charge is 0.378 e. The summed E-state index contributed by atoms with van der Waals surface area (Å²) < 4.78 is 10.7. The Kier molecular flexibility index (Phi) is 4.74. The van der Waals surface area contributed by atoms with Gasteiger partial charge in [-0.25, -0.2) is 0 Å². The molecule has 2 nitrogen and oxygen atoms in total. The summed E-state index contributed by atoms with van der Waals surface area (Å²) in [6.07, 6.45) is 6.54. The Labute approximate surface area is 81.6 Å². The molecular weight excluding hydrogens is 164 g/mol. The SMILES string of the molecule is CCCCCCCOCC1(C)CO1. The second-order valence-electron chi connectivity index (χ2n) is 4.21. The predicted molar refractivity (Wildman–Crippen MR) is 53.9 cm³/mol. The average molecular weight is 186 g/mol. The van der Waals surface area contributed by atoms with Crippen LogP contribution in [0, 0.1) is 0 Å². The highest BCUT2D eigenvalue weighted by Gasteiger charge is 2.39. The summed E-state index contributed by atoms with van der Waals surface area (Å²) in [5.41, 5.74) is 0.0728. The van der Waals surface area contributed by atoms with Crippen LogP contribution in [0.3, 0.4) is 0 Å². The molecule has 1 heterocycles. The Morgan fingerprint density at radius 3 is 2.54 bits per heavy atom. The molecule has 0 spiro atoms. The monoisotopic (exact) mass is 186 g/mol. The molecule has 0 radical (unpaired) electrons. The fraction of sp³-hybridized carbons (Fsp3) is 1.00. The lowest BCUT2D eigenvalue weighted by molar-refractivity contribution is 0.0826. The van der Waals surface area contributed by atoms with Gasteiger partial charge in [-0.15, -0.1) is 0 Å². The normalized spacial score (nSPS) is 26.3. The van der Waals surface area contributed by atoms with Crippen molar-refractivity contribution >= 4 is 0 Å². The molecule has 0 aromatic carbocycles. The summed E-state index contributed by atoms with van der Waals surface area (Å²) in [7, 11) is 0. The minimum absolute atomic E-state index is 0.0728. The Morgan fingerprint density at radius 1 is 1.23 bits per heavy atom. The molecular formula is C11H22O2. The molecule has 1 aliphatic rings. The molecule has 0 aromatic heterocycles. The van der Waals surface area contributed by atoms with Gasteiger partial charge in [-0.2, -0.15) is 0 Å². The van der Waals surface area contributed by atoms with E-state index in [4.69, 9.17) is 9.47 Å². The fourth-order valence-electron chi connectivity index (χ4n) is 1.30. The molecule has 0 saturated carbocycles. The van der Waals surface area contributed by atoms with E-state index in [0.29, 0.717) is 0 Å². The number of hydrogen-bond donors (Lipinski definition) is 0. The van der Waals surface area contributed by atoms with Crippen molar-refractivity contribution in [2.45, 2.75) is 51.6 Å². The number of hydrogen-bond acceptors (Lipinski definition) is 2. The number of epoxide rings is 1. The first-order valence-electron chi connectivity index (χ1n) is 5.48. The van der Waals surface area contributed by atoms with E-state index in [-0.39, 0.29) is 5.60 Å². The van der Waals surface area contributed by atoms with E-state index in [0.717, 1.165) is 19.8 Å². The third-order valence-electron chi connectivity index (χ3n) is 2.44. The Balaban J connectivity index is 1.74. The average Bonchev–Trinajstić information content (AvgIpc) is 2.83. The lowest BCUT2D eigenvalue weighted by atomic mass is 10.2. The third-order valence-corrected chi connectivity index (χ3v) is 2.44. The summed E-state index contributed by atoms with van der Waals surface area (Å²) in [5.74, 6) is 0. The standard InChI is InChI=1S/C11H22O2/c1-3-4-5-6-7-8-12-9-11(2)10-13-11/h3-10H2,1-2H3. The molecule has 1 saturated heterocycles. The Hall–Kier alpha value is -0.0800. The molecule has 13 heavy (non-hydrogen) atoms. The fourth-order valence-corrected chi connectivity index (χ4v) is 1.30. The van der Waals surface area contributed by atoms with Crippen molar-refractivity contribution in [3.05, 3.63) is 0 Å². The number of ether oxygens (including phenoxy) is 2. The van der Waals surface area contributed by atoms with Gasteiger partial charge in [0.1, 0.15) is 5.60 Å². The molecule has 1 unspecified atom stereocenters. The maximum absolute atomic E-state index is 5.52. The van der Waals surface area contributed by atoms with Crippen molar-refractivity contribution in [1.82, 2.24) is 0 Å². The minimum atomic E-state index is 0.0728. The first-order valence-corrected chi connectivity index (χ1v) is 5.48. The van der Waals surface area contributed by atoms with Gasteiger partial charge in [-0.05, 0) is 13.3 Å². The van der Waals surface area contributed by atoms with Gasteiger partial charge < -0.3 is 9.47 Å². The molecule has 0 aromatic rings. The van der Waals surface area contributed by atoms with Crippen LogP contribution in [0.5, 0.6) is 0 Å². The number of unbranched alkanes of at least 4 members (excludes halogenated alkanes) is 4. The molecule has 0 bridgehead atoms. The van der Waals surface area contributed by atoms with Gasteiger partial charge in [0.15, 0.2) is 0 Å². The molecule has 1 fully saturated rings. The smallest absolute Gasteiger partial charge is 0.112 e. The van der Waals surface area contributed by atoms with Gasteiger partial charge in [0, 0.05) is 6.61 Å². The van der Waals surface area contributed by atoms with Crippen LogP contribution in [0.1, 0.15) is 46.0 Å². The minimum Gasteiger partial charge on any atom is -0.378 e. The van der Waals surface area contributed by atoms with Crippen LogP contribution in [0.4, 0.5) is 0 Å². The maximum Gasteiger partial charge on any atom is 0.112 e. The molecule has 0 amide bonds. The lowest BCUT2D eigenvalue weighted by Gasteiger charge is -2.06. The van der Waals surface area contributed by atoms with Gasteiger partial charge in [0.05, 0.1) is 13.2 Å². The van der Waals surface area contributed by atoms with Gasteiger partial charge in [-0.1, -0.05) is 32.6 Å². The molecule has 1 rings (SSSR count).